The maximum atomic E-state index is 5.68. The Hall–Kier alpha value is -1.98. The van der Waals surface area contributed by atoms with Gasteiger partial charge in [0.25, 0.3) is 0 Å². The van der Waals surface area contributed by atoms with E-state index in [1.807, 2.05) is 30.3 Å². The molecule has 0 N–H and O–H groups in total. The predicted molar refractivity (Wildman–Crippen MR) is 86.8 cm³/mol. The molecule has 0 amide bonds. The van der Waals surface area contributed by atoms with Crippen molar-refractivity contribution in [3.8, 4) is 11.4 Å². The molecule has 1 aromatic heterocycles. The molecule has 2 atom stereocenters. The van der Waals surface area contributed by atoms with Crippen molar-refractivity contribution in [3.63, 3.8) is 0 Å². The van der Waals surface area contributed by atoms with Gasteiger partial charge >= 0.3 is 0 Å². The number of benzene rings is 1. The summed E-state index contributed by atoms with van der Waals surface area (Å²) >= 11 is 0. The number of rotatable bonds is 3. The number of aromatic nitrogens is 2. The fourth-order valence-electron chi connectivity index (χ4n) is 3.37. The topological polar surface area (TPSA) is 51.4 Å². The summed E-state index contributed by atoms with van der Waals surface area (Å²) in [5.74, 6) is 1.30. The number of hydrogen-bond acceptors (Lipinski definition) is 5. The Kier molecular flexibility index (Phi) is 4.22. The third-order valence-electron chi connectivity index (χ3n) is 4.58. The fourth-order valence-corrected chi connectivity index (χ4v) is 3.37. The number of allylic oxidation sites excluding steroid dienone is 1. The molecule has 0 bridgehead atoms. The molecule has 0 saturated carbocycles. The summed E-state index contributed by atoms with van der Waals surface area (Å²) in [7, 11) is 0. The van der Waals surface area contributed by atoms with Crippen molar-refractivity contribution in [2.24, 2.45) is 0 Å². The summed E-state index contributed by atoms with van der Waals surface area (Å²) in [6.07, 6.45) is 8.21. The molecule has 0 unspecified atom stereocenters. The number of nitrogens with zero attached hydrogens (tertiary/aromatic N) is 3. The smallest absolute Gasteiger partial charge is 0.246 e. The van der Waals surface area contributed by atoms with E-state index in [0.717, 1.165) is 18.7 Å². The largest absolute Gasteiger partial charge is 0.378 e. The van der Waals surface area contributed by atoms with Gasteiger partial charge in [0.15, 0.2) is 0 Å². The second-order valence-electron chi connectivity index (χ2n) is 6.08. The van der Waals surface area contributed by atoms with E-state index in [4.69, 9.17) is 9.26 Å². The van der Waals surface area contributed by atoms with E-state index in [9.17, 15) is 0 Å². The maximum absolute atomic E-state index is 5.68. The van der Waals surface area contributed by atoms with Crippen LogP contribution >= 0.6 is 0 Å². The van der Waals surface area contributed by atoms with Crippen LogP contribution in [-0.4, -0.2) is 40.8 Å². The summed E-state index contributed by atoms with van der Waals surface area (Å²) in [6.45, 7) is 2.28. The minimum Gasteiger partial charge on any atom is -0.378 e. The lowest BCUT2D eigenvalue weighted by Gasteiger charge is -2.39. The zero-order valence-electron chi connectivity index (χ0n) is 13.1. The molecule has 1 aromatic carbocycles. The van der Waals surface area contributed by atoms with E-state index in [1.54, 1.807) is 0 Å². The summed E-state index contributed by atoms with van der Waals surface area (Å²) in [5.41, 5.74) is 0.975. The second kappa shape index (κ2) is 6.64. The molecule has 5 nitrogen and oxygen atoms in total. The van der Waals surface area contributed by atoms with Crippen molar-refractivity contribution < 1.29 is 9.26 Å². The Labute approximate surface area is 135 Å². The highest BCUT2D eigenvalue weighted by atomic mass is 16.5. The summed E-state index contributed by atoms with van der Waals surface area (Å²) in [4.78, 5) is 7.07. The molecule has 0 spiro atoms. The van der Waals surface area contributed by atoms with Gasteiger partial charge in [-0.2, -0.15) is 4.98 Å². The Morgan fingerprint density at radius 1 is 1.17 bits per heavy atom. The average Bonchev–Trinajstić information content (AvgIpc) is 3.13. The van der Waals surface area contributed by atoms with Crippen LogP contribution in [0.5, 0.6) is 0 Å². The summed E-state index contributed by atoms with van der Waals surface area (Å²) in [6, 6.07) is 10.4. The zero-order chi connectivity index (χ0) is 15.5. The van der Waals surface area contributed by atoms with Gasteiger partial charge in [0.1, 0.15) is 6.04 Å². The van der Waals surface area contributed by atoms with Crippen LogP contribution in [-0.2, 0) is 4.74 Å². The molecule has 1 aliphatic heterocycles. The van der Waals surface area contributed by atoms with Crippen molar-refractivity contribution >= 4 is 0 Å². The first-order valence-electron chi connectivity index (χ1n) is 8.31. The van der Waals surface area contributed by atoms with E-state index in [0.29, 0.717) is 24.4 Å². The van der Waals surface area contributed by atoms with E-state index in [-0.39, 0.29) is 6.04 Å². The molecule has 5 heteroatoms. The monoisotopic (exact) mass is 311 g/mol. The highest BCUT2D eigenvalue weighted by Gasteiger charge is 2.33. The van der Waals surface area contributed by atoms with Gasteiger partial charge in [-0.15, -0.1) is 0 Å². The molecule has 23 heavy (non-hydrogen) atoms. The number of hydrogen-bond donors (Lipinski definition) is 0. The van der Waals surface area contributed by atoms with E-state index in [2.05, 4.69) is 27.2 Å². The molecule has 0 radical (unpaired) electrons. The quantitative estimate of drug-likeness (QED) is 0.815. The normalized spacial score (nSPS) is 25.6. The molecule has 1 saturated heterocycles. The van der Waals surface area contributed by atoms with Crippen molar-refractivity contribution in [1.29, 1.82) is 0 Å². The standard InChI is InChI=1S/C18H21N3O2/c1-3-7-14(8-4-1)17-19-18(23-20-17)16-13-22-12-11-21(16)15-9-5-2-6-10-15/h1,3-5,7-9,15-16H,2,6,10-13H2/t15-,16+/m0/s1. The summed E-state index contributed by atoms with van der Waals surface area (Å²) in [5, 5.41) is 4.15. The lowest BCUT2D eigenvalue weighted by atomic mass is 9.99. The van der Waals surface area contributed by atoms with Gasteiger partial charge in [-0.05, 0) is 19.3 Å². The van der Waals surface area contributed by atoms with Gasteiger partial charge in [-0.3, -0.25) is 4.90 Å². The Morgan fingerprint density at radius 2 is 2.09 bits per heavy atom. The lowest BCUT2D eigenvalue weighted by molar-refractivity contribution is -0.0346. The maximum Gasteiger partial charge on any atom is 0.246 e. The first-order chi connectivity index (χ1) is 11.4. The molecule has 2 heterocycles. The van der Waals surface area contributed by atoms with Gasteiger partial charge in [-0.25, -0.2) is 0 Å². The van der Waals surface area contributed by atoms with Gasteiger partial charge in [0, 0.05) is 18.2 Å². The van der Waals surface area contributed by atoms with Crippen molar-refractivity contribution in [3.05, 3.63) is 48.4 Å². The molecule has 1 aliphatic carbocycles. The summed E-state index contributed by atoms with van der Waals surface area (Å²) < 4.78 is 11.3. The van der Waals surface area contributed by atoms with Gasteiger partial charge in [-0.1, -0.05) is 47.6 Å². The Balaban J connectivity index is 1.59. The molecule has 2 aliphatic rings. The van der Waals surface area contributed by atoms with Crippen LogP contribution < -0.4 is 0 Å². The van der Waals surface area contributed by atoms with E-state index < -0.39 is 0 Å². The van der Waals surface area contributed by atoms with Gasteiger partial charge < -0.3 is 9.26 Å². The van der Waals surface area contributed by atoms with Crippen LogP contribution in [0, 0.1) is 0 Å². The zero-order valence-corrected chi connectivity index (χ0v) is 13.1. The third-order valence-corrected chi connectivity index (χ3v) is 4.58. The highest BCUT2D eigenvalue weighted by Crippen LogP contribution is 2.30. The second-order valence-corrected chi connectivity index (χ2v) is 6.08. The molecule has 2 aromatic rings. The van der Waals surface area contributed by atoms with Gasteiger partial charge in [0.2, 0.25) is 11.7 Å². The van der Waals surface area contributed by atoms with Crippen molar-refractivity contribution in [2.45, 2.75) is 31.3 Å². The number of ether oxygens (including phenoxy) is 1. The average molecular weight is 311 g/mol. The first kappa shape index (κ1) is 14.6. The van der Waals surface area contributed by atoms with E-state index in [1.165, 1.54) is 19.3 Å². The fraction of sp³-hybridized carbons (Fsp3) is 0.444. The molecule has 4 rings (SSSR count). The van der Waals surface area contributed by atoms with Crippen molar-refractivity contribution in [1.82, 2.24) is 15.0 Å². The van der Waals surface area contributed by atoms with Gasteiger partial charge in [0.05, 0.1) is 13.2 Å². The van der Waals surface area contributed by atoms with Crippen LogP contribution in [0.1, 0.15) is 31.2 Å². The minimum absolute atomic E-state index is 0.0430. The molecular formula is C18H21N3O2. The van der Waals surface area contributed by atoms with Crippen LogP contribution in [0.15, 0.2) is 47.0 Å². The predicted octanol–water partition coefficient (Wildman–Crippen LogP) is 3.22. The van der Waals surface area contributed by atoms with Crippen LogP contribution in [0.4, 0.5) is 0 Å². The Morgan fingerprint density at radius 3 is 2.91 bits per heavy atom. The lowest BCUT2D eigenvalue weighted by Crippen LogP contribution is -2.45. The molecule has 1 fully saturated rings. The highest BCUT2D eigenvalue weighted by molar-refractivity contribution is 5.53. The number of morpholine rings is 1. The molecular weight excluding hydrogens is 290 g/mol. The minimum atomic E-state index is 0.0430. The first-order valence-corrected chi connectivity index (χ1v) is 8.31. The Bertz CT molecular complexity index is 668. The van der Waals surface area contributed by atoms with Crippen LogP contribution in [0.2, 0.25) is 0 Å². The molecule has 120 valence electrons. The van der Waals surface area contributed by atoms with E-state index >= 15 is 0 Å². The third kappa shape index (κ3) is 3.07. The SMILES string of the molecule is C1=C[C@H](N2CCOC[C@@H]2c2nc(-c3ccccc3)no2)CCC1. The van der Waals surface area contributed by atoms with Crippen molar-refractivity contribution in [2.75, 3.05) is 19.8 Å². The van der Waals surface area contributed by atoms with Crippen LogP contribution in [0.3, 0.4) is 0 Å². The van der Waals surface area contributed by atoms with Crippen LogP contribution in [0.25, 0.3) is 11.4 Å².